The van der Waals surface area contributed by atoms with Gasteiger partial charge in [-0.3, -0.25) is 14.4 Å². The van der Waals surface area contributed by atoms with Gasteiger partial charge in [-0.2, -0.15) is 0 Å². The van der Waals surface area contributed by atoms with Gasteiger partial charge in [-0.05, 0) is 79.6 Å². The Morgan fingerprint density at radius 2 is 2.03 bits per heavy atom. The second-order valence-electron chi connectivity index (χ2n) is 10.1. The van der Waals surface area contributed by atoms with Gasteiger partial charge < -0.3 is 25.0 Å². The lowest BCUT2D eigenvalue weighted by Crippen LogP contribution is -2.41. The minimum absolute atomic E-state index is 0.0173. The Labute approximate surface area is 217 Å². The van der Waals surface area contributed by atoms with E-state index in [9.17, 15) is 14.4 Å². The zero-order valence-corrected chi connectivity index (χ0v) is 21.2. The molecule has 3 heterocycles. The van der Waals surface area contributed by atoms with Gasteiger partial charge in [-0.15, -0.1) is 0 Å². The van der Waals surface area contributed by atoms with Crippen LogP contribution in [0.2, 0.25) is 0 Å². The molecule has 2 unspecified atom stereocenters. The number of ketones is 1. The van der Waals surface area contributed by atoms with Crippen molar-refractivity contribution in [2.24, 2.45) is 5.92 Å². The molecule has 0 aromatic heterocycles. The molecule has 0 radical (unpaired) electrons. The third-order valence-electron chi connectivity index (χ3n) is 7.47. The number of hydrogen-bond donors (Lipinski definition) is 2. The van der Waals surface area contributed by atoms with E-state index in [0.717, 1.165) is 55.7 Å². The molecule has 3 aliphatic rings. The number of amides is 2. The van der Waals surface area contributed by atoms with E-state index >= 15 is 0 Å². The summed E-state index contributed by atoms with van der Waals surface area (Å²) in [7, 11) is 0. The predicted molar refractivity (Wildman–Crippen MR) is 141 cm³/mol. The number of carbonyl (C=O) groups excluding carboxylic acids is 3. The molecule has 5 rings (SSSR count). The summed E-state index contributed by atoms with van der Waals surface area (Å²) >= 11 is 0. The fourth-order valence-corrected chi connectivity index (χ4v) is 5.44. The Balaban J connectivity index is 1.17. The first-order valence-corrected chi connectivity index (χ1v) is 13.3. The van der Waals surface area contributed by atoms with Gasteiger partial charge in [0.2, 0.25) is 5.91 Å². The highest BCUT2D eigenvalue weighted by atomic mass is 16.5. The summed E-state index contributed by atoms with van der Waals surface area (Å²) < 4.78 is 11.1. The number of nitrogens with zero attached hydrogens (tertiary/aromatic N) is 1. The Kier molecular flexibility index (Phi) is 8.28. The SMILES string of the molecule is O=C(CC1OCCCC(CCc2cccc(N3CCOCC3=O)c2)C1=O)Nc1ccc2c(c1)CCNC2. The number of Topliss-reactive ketones (excluding diaryl/α,β-unsaturated/α-hetero) is 1. The molecule has 0 spiro atoms. The number of aryl methyl sites for hydroxylation is 1. The van der Waals surface area contributed by atoms with Gasteiger partial charge in [0.25, 0.3) is 5.91 Å². The number of carbonyl (C=O) groups is 3. The zero-order valence-electron chi connectivity index (χ0n) is 21.2. The first-order valence-electron chi connectivity index (χ1n) is 13.3. The standard InChI is InChI=1S/C29H35N3O5/c33-27(31-24-9-8-23-18-30-11-10-22(23)16-24)17-26-29(35)21(4-2-13-37-26)7-6-20-3-1-5-25(15-20)32-12-14-36-19-28(32)34/h1,3,5,8-9,15-16,21,26,30H,2,4,6-7,10-14,17-19H2,(H,31,33). The van der Waals surface area contributed by atoms with Crippen LogP contribution >= 0.6 is 0 Å². The summed E-state index contributed by atoms with van der Waals surface area (Å²) in [6, 6.07) is 13.9. The number of rotatable bonds is 7. The van der Waals surface area contributed by atoms with E-state index in [4.69, 9.17) is 9.47 Å². The number of nitrogens with one attached hydrogen (secondary N) is 2. The van der Waals surface area contributed by atoms with Crippen LogP contribution in [0.1, 0.15) is 42.4 Å². The molecule has 8 heteroatoms. The molecule has 0 aliphatic carbocycles. The Hall–Kier alpha value is -3.07. The Morgan fingerprint density at radius 3 is 2.92 bits per heavy atom. The maximum atomic E-state index is 13.3. The van der Waals surface area contributed by atoms with Crippen molar-refractivity contribution in [2.75, 3.05) is 43.1 Å². The Bertz CT molecular complexity index is 1150. The van der Waals surface area contributed by atoms with Crippen LogP contribution in [0.25, 0.3) is 0 Å². The molecule has 3 aliphatic heterocycles. The van der Waals surface area contributed by atoms with Crippen LogP contribution in [0, 0.1) is 5.92 Å². The van der Waals surface area contributed by atoms with Crippen molar-refractivity contribution in [2.45, 2.75) is 51.2 Å². The molecular formula is C29H35N3O5. The number of anilines is 2. The van der Waals surface area contributed by atoms with E-state index in [2.05, 4.69) is 10.6 Å². The molecule has 196 valence electrons. The molecule has 0 bridgehead atoms. The van der Waals surface area contributed by atoms with Crippen LogP contribution in [0.3, 0.4) is 0 Å². The minimum atomic E-state index is -0.716. The monoisotopic (exact) mass is 505 g/mol. The van der Waals surface area contributed by atoms with Gasteiger partial charge in [-0.1, -0.05) is 18.2 Å². The van der Waals surface area contributed by atoms with Gasteiger partial charge in [0.15, 0.2) is 5.78 Å². The van der Waals surface area contributed by atoms with E-state index in [0.29, 0.717) is 26.2 Å². The molecule has 2 fully saturated rings. The van der Waals surface area contributed by atoms with Gasteiger partial charge in [0.1, 0.15) is 12.7 Å². The van der Waals surface area contributed by atoms with Crippen molar-refractivity contribution in [3.05, 3.63) is 59.2 Å². The van der Waals surface area contributed by atoms with Crippen LogP contribution < -0.4 is 15.5 Å². The molecule has 37 heavy (non-hydrogen) atoms. The van der Waals surface area contributed by atoms with Gasteiger partial charge in [0, 0.05) is 37.0 Å². The van der Waals surface area contributed by atoms with Crippen molar-refractivity contribution < 1.29 is 23.9 Å². The van der Waals surface area contributed by atoms with Crippen LogP contribution in [0.5, 0.6) is 0 Å². The van der Waals surface area contributed by atoms with E-state index in [-0.39, 0.29) is 36.5 Å². The van der Waals surface area contributed by atoms with Gasteiger partial charge in [0.05, 0.1) is 13.0 Å². The summed E-state index contributed by atoms with van der Waals surface area (Å²) in [5, 5.41) is 6.31. The topological polar surface area (TPSA) is 97.0 Å². The number of morpholine rings is 1. The lowest BCUT2D eigenvalue weighted by molar-refractivity contribution is -0.136. The quantitative estimate of drug-likeness (QED) is 0.601. The molecule has 2 aromatic carbocycles. The summed E-state index contributed by atoms with van der Waals surface area (Å²) in [6.45, 7) is 3.47. The number of hydrogen-bond acceptors (Lipinski definition) is 6. The minimum Gasteiger partial charge on any atom is -0.370 e. The number of ether oxygens (including phenoxy) is 2. The second-order valence-corrected chi connectivity index (χ2v) is 10.1. The lowest BCUT2D eigenvalue weighted by Gasteiger charge is -2.27. The average molecular weight is 506 g/mol. The first kappa shape index (κ1) is 25.6. The maximum Gasteiger partial charge on any atom is 0.253 e. The van der Waals surface area contributed by atoms with Crippen LogP contribution in [-0.4, -0.2) is 56.6 Å². The predicted octanol–water partition coefficient (Wildman–Crippen LogP) is 3.02. The summed E-state index contributed by atoms with van der Waals surface area (Å²) in [4.78, 5) is 40.1. The van der Waals surface area contributed by atoms with E-state index in [1.807, 2.05) is 42.5 Å². The van der Waals surface area contributed by atoms with Crippen molar-refractivity contribution in [3.63, 3.8) is 0 Å². The molecule has 8 nitrogen and oxygen atoms in total. The van der Waals surface area contributed by atoms with Crippen molar-refractivity contribution in [1.29, 1.82) is 0 Å². The van der Waals surface area contributed by atoms with Crippen LogP contribution in [-0.2, 0) is 43.2 Å². The second kappa shape index (κ2) is 12.0. The highest BCUT2D eigenvalue weighted by Crippen LogP contribution is 2.26. The van der Waals surface area contributed by atoms with E-state index in [1.54, 1.807) is 4.90 Å². The molecular weight excluding hydrogens is 470 g/mol. The maximum absolute atomic E-state index is 13.3. The molecule has 2 aromatic rings. The van der Waals surface area contributed by atoms with E-state index < -0.39 is 6.10 Å². The largest absolute Gasteiger partial charge is 0.370 e. The Morgan fingerprint density at radius 1 is 1.11 bits per heavy atom. The molecule has 2 atom stereocenters. The van der Waals surface area contributed by atoms with Crippen molar-refractivity contribution in [3.8, 4) is 0 Å². The van der Waals surface area contributed by atoms with Crippen molar-refractivity contribution >= 4 is 29.0 Å². The average Bonchev–Trinajstić information content (AvgIpc) is 3.08. The van der Waals surface area contributed by atoms with Gasteiger partial charge in [-0.25, -0.2) is 0 Å². The molecule has 0 saturated carbocycles. The lowest BCUT2D eigenvalue weighted by atomic mass is 9.89. The number of fused-ring (bicyclic) bond motifs is 1. The highest BCUT2D eigenvalue weighted by molar-refractivity contribution is 5.96. The summed E-state index contributed by atoms with van der Waals surface area (Å²) in [6.07, 6.45) is 3.24. The third-order valence-corrected chi connectivity index (χ3v) is 7.47. The summed E-state index contributed by atoms with van der Waals surface area (Å²) in [5.41, 5.74) is 5.24. The first-order chi connectivity index (χ1) is 18.1. The molecule has 2 amide bonds. The van der Waals surface area contributed by atoms with Crippen LogP contribution in [0.15, 0.2) is 42.5 Å². The zero-order chi connectivity index (χ0) is 25.6. The third kappa shape index (κ3) is 6.44. The van der Waals surface area contributed by atoms with E-state index in [1.165, 1.54) is 11.1 Å². The highest BCUT2D eigenvalue weighted by Gasteiger charge is 2.32. The number of benzene rings is 2. The van der Waals surface area contributed by atoms with Crippen LogP contribution in [0.4, 0.5) is 11.4 Å². The van der Waals surface area contributed by atoms with Gasteiger partial charge >= 0.3 is 0 Å². The normalized spacial score (nSPS) is 22.3. The fourth-order valence-electron chi connectivity index (χ4n) is 5.44. The summed E-state index contributed by atoms with van der Waals surface area (Å²) in [5.74, 6) is -0.363. The molecule has 2 N–H and O–H groups in total. The fraction of sp³-hybridized carbons (Fsp3) is 0.483. The van der Waals surface area contributed by atoms with Crippen molar-refractivity contribution in [1.82, 2.24) is 5.32 Å². The smallest absolute Gasteiger partial charge is 0.253 e. The molecule has 2 saturated heterocycles.